The highest BCUT2D eigenvalue weighted by Gasteiger charge is 2.13. The number of ether oxygens (including phenoxy) is 1. The molecule has 0 aliphatic rings. The number of aryl methyl sites for hydroxylation is 1. The number of carboxylic acid groups (broad SMARTS) is 1. The van der Waals surface area contributed by atoms with Gasteiger partial charge >= 0.3 is 5.97 Å². The van der Waals surface area contributed by atoms with Crippen molar-refractivity contribution < 1.29 is 14.6 Å². The molecular formula is C10H8N2O3S. The molecule has 2 aromatic rings. The van der Waals surface area contributed by atoms with Crippen LogP contribution in [0.4, 0.5) is 0 Å². The van der Waals surface area contributed by atoms with E-state index in [0.29, 0.717) is 5.19 Å². The number of carboxylic acids is 1. The first-order chi connectivity index (χ1) is 7.66. The predicted molar refractivity (Wildman–Crippen MR) is 58.1 cm³/mol. The number of rotatable bonds is 3. The second-order valence-electron chi connectivity index (χ2n) is 3.11. The van der Waals surface area contributed by atoms with Crippen molar-refractivity contribution in [3.8, 4) is 10.9 Å². The molecule has 0 radical (unpaired) electrons. The van der Waals surface area contributed by atoms with Crippen molar-refractivity contribution in [2.45, 2.75) is 6.92 Å². The molecule has 0 unspecified atom stereocenters. The molecule has 6 heteroatoms. The summed E-state index contributed by atoms with van der Waals surface area (Å²) in [7, 11) is 0. The van der Waals surface area contributed by atoms with E-state index in [0.717, 1.165) is 17.1 Å². The molecule has 0 saturated heterocycles. The number of carbonyl (C=O) groups is 1. The third kappa shape index (κ3) is 2.17. The highest BCUT2D eigenvalue weighted by atomic mass is 32.1. The van der Waals surface area contributed by atoms with Gasteiger partial charge < -0.3 is 9.84 Å². The van der Waals surface area contributed by atoms with Gasteiger partial charge in [-0.2, -0.15) is 9.36 Å². The van der Waals surface area contributed by atoms with E-state index in [2.05, 4.69) is 9.36 Å². The summed E-state index contributed by atoms with van der Waals surface area (Å²) in [6.07, 6.45) is 1.36. The summed E-state index contributed by atoms with van der Waals surface area (Å²) in [5.74, 6) is -0.752. The number of aromatic carboxylic acids is 1. The first kappa shape index (κ1) is 10.6. The lowest BCUT2D eigenvalue weighted by Gasteiger charge is -2.05. The summed E-state index contributed by atoms with van der Waals surface area (Å²) in [5, 5.41) is 9.33. The van der Waals surface area contributed by atoms with Crippen LogP contribution in [0.2, 0.25) is 0 Å². The average molecular weight is 236 g/mol. The zero-order chi connectivity index (χ0) is 11.5. The fourth-order valence-corrected chi connectivity index (χ4v) is 1.61. The van der Waals surface area contributed by atoms with Crippen LogP contribution >= 0.6 is 11.5 Å². The van der Waals surface area contributed by atoms with Gasteiger partial charge in [-0.3, -0.25) is 0 Å². The Morgan fingerprint density at radius 2 is 2.31 bits per heavy atom. The third-order valence-corrected chi connectivity index (χ3v) is 2.45. The van der Waals surface area contributed by atoms with E-state index >= 15 is 0 Å². The van der Waals surface area contributed by atoms with Crippen LogP contribution in [0.5, 0.6) is 10.9 Å². The topological polar surface area (TPSA) is 72.3 Å². The van der Waals surface area contributed by atoms with Crippen LogP contribution in [-0.4, -0.2) is 20.4 Å². The van der Waals surface area contributed by atoms with Gasteiger partial charge in [0.15, 0.2) is 0 Å². The first-order valence-electron chi connectivity index (χ1n) is 4.45. The summed E-state index contributed by atoms with van der Waals surface area (Å²) < 4.78 is 9.10. The van der Waals surface area contributed by atoms with Crippen molar-refractivity contribution in [1.29, 1.82) is 0 Å². The molecule has 82 valence electrons. The Balaban J connectivity index is 2.36. The minimum Gasteiger partial charge on any atom is -0.478 e. The molecule has 0 atom stereocenters. The van der Waals surface area contributed by atoms with Gasteiger partial charge in [0, 0.05) is 11.5 Å². The fraction of sp³-hybridized carbons (Fsp3) is 0.100. The van der Waals surface area contributed by atoms with E-state index < -0.39 is 5.97 Å². The van der Waals surface area contributed by atoms with Crippen molar-refractivity contribution in [3.05, 3.63) is 35.7 Å². The summed E-state index contributed by atoms with van der Waals surface area (Å²) in [6, 6.07) is 4.95. The van der Waals surface area contributed by atoms with Crippen molar-refractivity contribution in [3.63, 3.8) is 0 Å². The average Bonchev–Trinajstić information content (AvgIpc) is 2.73. The third-order valence-electron chi connectivity index (χ3n) is 1.90. The summed E-state index contributed by atoms with van der Waals surface area (Å²) >= 11 is 1.07. The normalized spacial score (nSPS) is 10.1. The monoisotopic (exact) mass is 236 g/mol. The Morgan fingerprint density at radius 1 is 1.50 bits per heavy atom. The maximum atomic E-state index is 11.0. The van der Waals surface area contributed by atoms with Gasteiger partial charge in [-0.15, -0.1) is 0 Å². The number of hydrogen-bond acceptors (Lipinski definition) is 5. The number of hydrogen-bond donors (Lipinski definition) is 1. The highest BCUT2D eigenvalue weighted by Crippen LogP contribution is 2.26. The zero-order valence-electron chi connectivity index (χ0n) is 8.38. The molecule has 0 bridgehead atoms. The van der Waals surface area contributed by atoms with E-state index in [1.54, 1.807) is 18.2 Å². The van der Waals surface area contributed by atoms with E-state index in [-0.39, 0.29) is 11.3 Å². The van der Waals surface area contributed by atoms with Crippen LogP contribution in [0.25, 0.3) is 0 Å². The Labute approximate surface area is 95.5 Å². The number of aromatic nitrogens is 2. The lowest BCUT2D eigenvalue weighted by Crippen LogP contribution is -2.00. The summed E-state index contributed by atoms with van der Waals surface area (Å²) in [4.78, 5) is 14.8. The lowest BCUT2D eigenvalue weighted by molar-refractivity contribution is 0.0694. The van der Waals surface area contributed by atoms with Gasteiger partial charge in [0.05, 0.1) is 0 Å². The van der Waals surface area contributed by atoms with Crippen molar-refractivity contribution in [2.24, 2.45) is 0 Å². The molecule has 0 spiro atoms. The molecule has 5 nitrogen and oxygen atoms in total. The maximum absolute atomic E-state index is 11.0. The SMILES string of the molecule is Cc1ccc(Oc2ncns2)c(C(=O)O)c1. The molecule has 0 amide bonds. The van der Waals surface area contributed by atoms with E-state index in [1.165, 1.54) is 6.33 Å². The van der Waals surface area contributed by atoms with Crippen molar-refractivity contribution >= 4 is 17.5 Å². The van der Waals surface area contributed by atoms with E-state index in [9.17, 15) is 4.79 Å². The standard InChI is InChI=1S/C10H8N2O3S/c1-6-2-3-8(7(4-6)9(13)14)15-10-11-5-12-16-10/h2-5H,1H3,(H,13,14). The second-order valence-corrected chi connectivity index (χ2v) is 3.86. The molecule has 0 saturated carbocycles. The van der Waals surface area contributed by atoms with Crippen LogP contribution in [0.15, 0.2) is 24.5 Å². The molecule has 16 heavy (non-hydrogen) atoms. The Bertz CT molecular complexity index is 511. The highest BCUT2D eigenvalue weighted by molar-refractivity contribution is 7.07. The van der Waals surface area contributed by atoms with Gasteiger partial charge in [-0.1, -0.05) is 11.6 Å². The van der Waals surface area contributed by atoms with Crippen molar-refractivity contribution in [2.75, 3.05) is 0 Å². The molecule has 1 aromatic heterocycles. The van der Waals surface area contributed by atoms with Crippen LogP contribution in [0.1, 0.15) is 15.9 Å². The zero-order valence-corrected chi connectivity index (χ0v) is 9.19. The Hall–Kier alpha value is -1.95. The quantitative estimate of drug-likeness (QED) is 0.885. The minimum absolute atomic E-state index is 0.121. The molecule has 2 rings (SSSR count). The molecule has 0 fully saturated rings. The van der Waals surface area contributed by atoms with Crippen LogP contribution in [0, 0.1) is 6.92 Å². The summed E-state index contributed by atoms with van der Waals surface area (Å²) in [6.45, 7) is 1.82. The molecule has 1 aromatic carbocycles. The van der Waals surface area contributed by atoms with Gasteiger partial charge in [0.1, 0.15) is 17.6 Å². The Kier molecular flexibility index (Phi) is 2.82. The van der Waals surface area contributed by atoms with Gasteiger partial charge in [-0.25, -0.2) is 4.79 Å². The molecule has 1 heterocycles. The first-order valence-corrected chi connectivity index (χ1v) is 5.22. The van der Waals surface area contributed by atoms with Crippen molar-refractivity contribution in [1.82, 2.24) is 9.36 Å². The molecular weight excluding hydrogens is 228 g/mol. The smallest absolute Gasteiger partial charge is 0.339 e. The number of benzene rings is 1. The fourth-order valence-electron chi connectivity index (χ4n) is 1.20. The molecule has 1 N–H and O–H groups in total. The summed E-state index contributed by atoms with van der Waals surface area (Å²) in [5.41, 5.74) is 0.984. The van der Waals surface area contributed by atoms with Crippen LogP contribution in [-0.2, 0) is 0 Å². The van der Waals surface area contributed by atoms with Gasteiger partial charge in [0.25, 0.3) is 5.19 Å². The molecule has 0 aliphatic carbocycles. The maximum Gasteiger partial charge on any atom is 0.339 e. The van der Waals surface area contributed by atoms with Gasteiger partial charge in [-0.05, 0) is 19.1 Å². The van der Waals surface area contributed by atoms with E-state index in [1.807, 2.05) is 6.92 Å². The largest absolute Gasteiger partial charge is 0.478 e. The molecule has 0 aliphatic heterocycles. The Morgan fingerprint density at radius 3 is 2.94 bits per heavy atom. The minimum atomic E-state index is -1.02. The predicted octanol–water partition coefficient (Wildman–Crippen LogP) is 2.34. The lowest BCUT2D eigenvalue weighted by atomic mass is 10.1. The number of nitrogens with zero attached hydrogens (tertiary/aromatic N) is 2. The van der Waals surface area contributed by atoms with Crippen LogP contribution in [0.3, 0.4) is 0 Å². The van der Waals surface area contributed by atoms with Gasteiger partial charge in [0.2, 0.25) is 0 Å². The van der Waals surface area contributed by atoms with Crippen LogP contribution < -0.4 is 4.74 Å². The van der Waals surface area contributed by atoms with E-state index in [4.69, 9.17) is 9.84 Å². The second kappa shape index (κ2) is 4.28.